The molecule has 2 saturated heterocycles. The number of halogens is 1. The number of amides is 2. The number of carboxylic acids is 1. The summed E-state index contributed by atoms with van der Waals surface area (Å²) in [6.45, 7) is 3.26. The van der Waals surface area contributed by atoms with E-state index in [1.807, 2.05) is 4.90 Å². The Morgan fingerprint density at radius 3 is 2.47 bits per heavy atom. The highest BCUT2D eigenvalue weighted by atomic mass is 32.1. The zero-order chi connectivity index (χ0) is 26.0. The summed E-state index contributed by atoms with van der Waals surface area (Å²) in [4.78, 5) is 50.6. The van der Waals surface area contributed by atoms with Gasteiger partial charge in [-0.1, -0.05) is 11.3 Å². The van der Waals surface area contributed by atoms with Gasteiger partial charge in [0.05, 0.1) is 35.8 Å². The lowest BCUT2D eigenvalue weighted by molar-refractivity contribution is -0.379. The lowest BCUT2D eigenvalue weighted by Crippen LogP contribution is -2.46. The summed E-state index contributed by atoms with van der Waals surface area (Å²) < 4.78 is 20.3. The fourth-order valence-corrected chi connectivity index (χ4v) is 5.20. The van der Waals surface area contributed by atoms with E-state index in [0.29, 0.717) is 48.1 Å². The molecule has 0 saturated carbocycles. The van der Waals surface area contributed by atoms with Gasteiger partial charge in [0.25, 0.3) is 0 Å². The van der Waals surface area contributed by atoms with Crippen LogP contribution in [0.4, 0.5) is 31.2 Å². The van der Waals surface area contributed by atoms with Crippen molar-refractivity contribution in [2.75, 3.05) is 54.0 Å². The Morgan fingerprint density at radius 1 is 1.22 bits per heavy atom. The first-order valence-corrected chi connectivity index (χ1v) is 11.9. The molecule has 0 spiro atoms. The lowest BCUT2D eigenvalue weighted by atomic mass is 10.2. The second-order valence-corrected chi connectivity index (χ2v) is 9.51. The number of anilines is 3. The summed E-state index contributed by atoms with van der Waals surface area (Å²) in [7, 11) is 0. The second-order valence-electron chi connectivity index (χ2n) is 8.39. The maximum atomic E-state index is 15.0. The Morgan fingerprint density at radius 2 is 1.89 bits per heavy atom. The summed E-state index contributed by atoms with van der Waals surface area (Å²) in [6, 6.07) is 5.99. The van der Waals surface area contributed by atoms with E-state index in [4.69, 9.17) is 9.84 Å². The van der Waals surface area contributed by atoms with Gasteiger partial charge in [0.2, 0.25) is 5.91 Å². The van der Waals surface area contributed by atoms with Crippen LogP contribution in [0, 0.1) is 15.9 Å². The summed E-state index contributed by atoms with van der Waals surface area (Å²) in [5, 5.41) is 23.0. The first kappa shape index (κ1) is 25.2. The number of aliphatic carboxylic acids is 1. The van der Waals surface area contributed by atoms with Crippen molar-refractivity contribution < 1.29 is 33.5 Å². The van der Waals surface area contributed by atoms with Crippen molar-refractivity contribution in [1.29, 1.82) is 0 Å². The molecule has 0 radical (unpaired) electrons. The Kier molecular flexibility index (Phi) is 7.24. The number of carbonyl (C=O) groups is 3. The van der Waals surface area contributed by atoms with Crippen molar-refractivity contribution in [3.8, 4) is 0 Å². The summed E-state index contributed by atoms with van der Waals surface area (Å²) in [5.74, 6) is -1.83. The van der Waals surface area contributed by atoms with Crippen LogP contribution in [0.15, 0.2) is 24.3 Å². The first-order valence-electron chi connectivity index (χ1n) is 11.1. The minimum absolute atomic E-state index is 0.107. The molecule has 1 aromatic carbocycles. The molecule has 192 valence electrons. The summed E-state index contributed by atoms with van der Waals surface area (Å²) in [6.07, 6.45) is -1.44. The average Bonchev–Trinajstić information content (AvgIpc) is 3.41. The van der Waals surface area contributed by atoms with E-state index < -0.39 is 28.9 Å². The third-order valence-corrected chi connectivity index (χ3v) is 6.97. The van der Waals surface area contributed by atoms with E-state index in [0.717, 1.165) is 11.3 Å². The summed E-state index contributed by atoms with van der Waals surface area (Å²) in [5.41, 5.74) is 1.05. The van der Waals surface area contributed by atoms with Crippen LogP contribution in [-0.4, -0.2) is 73.4 Å². The monoisotopic (exact) mass is 521 g/mol. The Labute approximate surface area is 209 Å². The first-order chi connectivity index (χ1) is 17.1. The highest BCUT2D eigenvalue weighted by Gasteiger charge is 2.33. The molecule has 2 aliphatic heterocycles. The van der Waals surface area contributed by atoms with Gasteiger partial charge in [0.1, 0.15) is 17.6 Å². The molecule has 1 atom stereocenters. The van der Waals surface area contributed by atoms with Crippen molar-refractivity contribution in [2.24, 2.45) is 0 Å². The number of ether oxygens (including phenoxy) is 1. The van der Waals surface area contributed by atoms with Crippen LogP contribution < -0.4 is 20.0 Å². The number of benzene rings is 1. The van der Waals surface area contributed by atoms with Crippen molar-refractivity contribution in [1.82, 2.24) is 5.32 Å². The van der Waals surface area contributed by atoms with Crippen LogP contribution in [0.25, 0.3) is 0 Å². The predicted octanol–water partition coefficient (Wildman–Crippen LogP) is 2.21. The van der Waals surface area contributed by atoms with Crippen molar-refractivity contribution >= 4 is 51.4 Å². The minimum atomic E-state index is -1.06. The van der Waals surface area contributed by atoms with E-state index in [9.17, 15) is 24.5 Å². The Hall–Kier alpha value is -3.94. The van der Waals surface area contributed by atoms with E-state index in [2.05, 4.69) is 5.32 Å². The molecule has 2 fully saturated rings. The van der Waals surface area contributed by atoms with Gasteiger partial charge in [-0.15, -0.1) is 0 Å². The fraction of sp³-hybridized carbons (Fsp3) is 0.409. The molecule has 2 aromatic rings. The van der Waals surface area contributed by atoms with Crippen LogP contribution in [0.5, 0.6) is 0 Å². The number of nitro groups is 1. The normalized spacial score (nSPS) is 17.8. The number of thiophene rings is 1. The smallest absolute Gasteiger partial charge is 0.414 e. The zero-order valence-electron chi connectivity index (χ0n) is 19.3. The standard InChI is InChI=1S/C22H24FN5O7S/c1-13(29)24-11-15-12-27(22(32)35-15)14-2-3-18(17(23)8-14)25-4-6-26(7-5-25)19-9-16(10-20(30)31)36-21(19)28(33)34/h2-3,8-9,15H,4-7,10-12H2,1H3,(H,24,29)(H,30,31). The van der Waals surface area contributed by atoms with Gasteiger partial charge in [0, 0.05) is 38.0 Å². The van der Waals surface area contributed by atoms with Crippen LogP contribution in [0.2, 0.25) is 0 Å². The van der Waals surface area contributed by atoms with Gasteiger partial charge in [0.15, 0.2) is 0 Å². The van der Waals surface area contributed by atoms with Crippen molar-refractivity contribution in [2.45, 2.75) is 19.4 Å². The van der Waals surface area contributed by atoms with Crippen LogP contribution in [-0.2, 0) is 20.7 Å². The number of carbonyl (C=O) groups excluding carboxylic acids is 2. The number of nitrogens with one attached hydrogen (secondary N) is 1. The number of hydrogen-bond acceptors (Lipinski definition) is 9. The van der Waals surface area contributed by atoms with E-state index in [1.165, 1.54) is 24.0 Å². The molecule has 1 unspecified atom stereocenters. The van der Waals surface area contributed by atoms with Crippen LogP contribution >= 0.6 is 11.3 Å². The highest BCUT2D eigenvalue weighted by Crippen LogP contribution is 2.38. The molecule has 2 amide bonds. The van der Waals surface area contributed by atoms with Crippen molar-refractivity contribution in [3.05, 3.63) is 45.1 Å². The summed E-state index contributed by atoms with van der Waals surface area (Å²) >= 11 is 0.849. The quantitative estimate of drug-likeness (QED) is 0.394. The van der Waals surface area contributed by atoms with E-state index in [1.54, 1.807) is 17.0 Å². The van der Waals surface area contributed by atoms with Gasteiger partial charge in [-0.05, 0) is 24.3 Å². The fourth-order valence-electron chi connectivity index (χ4n) is 4.22. The third-order valence-electron chi connectivity index (χ3n) is 5.89. The van der Waals surface area contributed by atoms with Crippen LogP contribution in [0.1, 0.15) is 11.8 Å². The molecule has 0 bridgehead atoms. The van der Waals surface area contributed by atoms with Crippen LogP contribution in [0.3, 0.4) is 0 Å². The molecule has 14 heteroatoms. The largest absolute Gasteiger partial charge is 0.481 e. The molecule has 0 aliphatic carbocycles. The van der Waals surface area contributed by atoms with E-state index in [-0.39, 0.29) is 30.4 Å². The van der Waals surface area contributed by atoms with Gasteiger partial charge < -0.3 is 25.0 Å². The molecular weight excluding hydrogens is 497 g/mol. The molecule has 3 heterocycles. The maximum Gasteiger partial charge on any atom is 0.414 e. The topological polar surface area (TPSA) is 146 Å². The number of nitrogens with zero attached hydrogens (tertiary/aromatic N) is 4. The maximum absolute atomic E-state index is 15.0. The van der Waals surface area contributed by atoms with Crippen molar-refractivity contribution in [3.63, 3.8) is 0 Å². The molecule has 12 nitrogen and oxygen atoms in total. The number of rotatable bonds is 8. The average molecular weight is 522 g/mol. The minimum Gasteiger partial charge on any atom is -0.481 e. The molecule has 2 N–H and O–H groups in total. The molecule has 4 rings (SSSR count). The van der Waals surface area contributed by atoms with Gasteiger partial charge in [-0.3, -0.25) is 24.6 Å². The zero-order valence-corrected chi connectivity index (χ0v) is 20.1. The second kappa shape index (κ2) is 10.4. The molecule has 36 heavy (non-hydrogen) atoms. The highest BCUT2D eigenvalue weighted by molar-refractivity contribution is 7.16. The SMILES string of the molecule is CC(=O)NCC1CN(c2ccc(N3CCN(c4cc(CC(=O)O)sc4[N+](=O)[O-])CC3)c(F)c2)C(=O)O1. The third kappa shape index (κ3) is 5.48. The predicted molar refractivity (Wildman–Crippen MR) is 129 cm³/mol. The number of piperazine rings is 1. The number of cyclic esters (lactones) is 1. The van der Waals surface area contributed by atoms with Gasteiger partial charge in [-0.25, -0.2) is 9.18 Å². The van der Waals surface area contributed by atoms with Gasteiger partial charge >= 0.3 is 17.1 Å². The van der Waals surface area contributed by atoms with E-state index >= 15 is 4.39 Å². The number of hydrogen-bond donors (Lipinski definition) is 2. The lowest BCUT2D eigenvalue weighted by Gasteiger charge is -2.36. The van der Waals surface area contributed by atoms with Gasteiger partial charge in [-0.2, -0.15) is 0 Å². The number of carboxylic acid groups (broad SMARTS) is 1. The Bertz CT molecular complexity index is 1200. The molecular formula is C22H24FN5O7S. The molecule has 1 aromatic heterocycles. The Balaban J connectivity index is 1.41. The molecule has 2 aliphatic rings.